The van der Waals surface area contributed by atoms with Crippen LogP contribution >= 0.6 is 0 Å². The van der Waals surface area contributed by atoms with Gasteiger partial charge < -0.3 is 9.72 Å². The van der Waals surface area contributed by atoms with Gasteiger partial charge in [-0.3, -0.25) is 0 Å². The molecule has 3 nitrogen and oxygen atoms in total. The first-order chi connectivity index (χ1) is 7.76. The fourth-order valence-corrected chi connectivity index (χ4v) is 1.84. The highest BCUT2D eigenvalue weighted by molar-refractivity contribution is 5.96. The van der Waals surface area contributed by atoms with Gasteiger partial charge in [0.15, 0.2) is 0 Å². The maximum atomic E-state index is 11.8. The smallest absolute Gasteiger partial charge is 0.338 e. The van der Waals surface area contributed by atoms with E-state index >= 15 is 0 Å². The Balaban J connectivity index is 2.52. The second-order valence-corrected chi connectivity index (χ2v) is 3.65. The van der Waals surface area contributed by atoms with E-state index in [0.29, 0.717) is 12.2 Å². The third-order valence-corrected chi connectivity index (χ3v) is 2.65. The van der Waals surface area contributed by atoms with Crippen LogP contribution in [0.5, 0.6) is 0 Å². The minimum absolute atomic E-state index is 0.234. The van der Waals surface area contributed by atoms with Crippen molar-refractivity contribution < 1.29 is 9.53 Å². The third kappa shape index (κ3) is 1.81. The van der Waals surface area contributed by atoms with Crippen molar-refractivity contribution in [1.29, 1.82) is 0 Å². The number of carbonyl (C=O) groups excluding carboxylic acids is 1. The lowest BCUT2D eigenvalue weighted by Gasteiger charge is -2.07. The van der Waals surface area contributed by atoms with E-state index in [0.717, 1.165) is 22.9 Å². The van der Waals surface area contributed by atoms with Gasteiger partial charge in [0, 0.05) is 17.1 Å². The van der Waals surface area contributed by atoms with Gasteiger partial charge in [-0.15, -0.1) is 0 Å². The number of H-pyrrole nitrogens is 1. The summed E-state index contributed by atoms with van der Waals surface area (Å²) in [6, 6.07) is 5.86. The van der Waals surface area contributed by atoms with Gasteiger partial charge in [0.1, 0.15) is 0 Å². The van der Waals surface area contributed by atoms with Gasteiger partial charge in [-0.2, -0.15) is 0 Å². The van der Waals surface area contributed by atoms with Crippen molar-refractivity contribution in [2.45, 2.75) is 20.3 Å². The Bertz CT molecular complexity index is 514. The van der Waals surface area contributed by atoms with E-state index in [4.69, 9.17) is 4.74 Å². The molecule has 1 N–H and O–H groups in total. The van der Waals surface area contributed by atoms with E-state index < -0.39 is 0 Å². The largest absolute Gasteiger partial charge is 0.462 e. The fourth-order valence-electron chi connectivity index (χ4n) is 1.84. The molecule has 0 atom stereocenters. The first-order valence-electron chi connectivity index (χ1n) is 5.53. The second kappa shape index (κ2) is 4.39. The predicted molar refractivity (Wildman–Crippen MR) is 63.6 cm³/mol. The zero-order valence-electron chi connectivity index (χ0n) is 9.54. The molecular weight excluding hydrogens is 202 g/mol. The summed E-state index contributed by atoms with van der Waals surface area (Å²) in [5.74, 6) is -0.234. The van der Waals surface area contributed by atoms with Crippen LogP contribution in [0.3, 0.4) is 0 Å². The van der Waals surface area contributed by atoms with E-state index in [1.807, 2.05) is 38.2 Å². The van der Waals surface area contributed by atoms with Crippen LogP contribution in [0, 0.1) is 0 Å². The van der Waals surface area contributed by atoms with Gasteiger partial charge in [0.2, 0.25) is 0 Å². The molecule has 0 unspecified atom stereocenters. The van der Waals surface area contributed by atoms with E-state index in [-0.39, 0.29) is 5.97 Å². The molecule has 0 saturated heterocycles. The monoisotopic (exact) mass is 217 g/mol. The Labute approximate surface area is 94.4 Å². The van der Waals surface area contributed by atoms with Crippen LogP contribution in [0.2, 0.25) is 0 Å². The quantitative estimate of drug-likeness (QED) is 0.803. The number of aryl methyl sites for hydroxylation is 1. The minimum atomic E-state index is -0.234. The van der Waals surface area contributed by atoms with Gasteiger partial charge in [0.25, 0.3) is 0 Å². The van der Waals surface area contributed by atoms with Gasteiger partial charge in [-0.1, -0.05) is 6.92 Å². The summed E-state index contributed by atoms with van der Waals surface area (Å²) in [6.07, 6.45) is 2.70. The molecular formula is C13H15NO2. The Morgan fingerprint density at radius 2 is 2.19 bits per heavy atom. The minimum Gasteiger partial charge on any atom is -0.462 e. The maximum absolute atomic E-state index is 11.8. The van der Waals surface area contributed by atoms with E-state index in [1.54, 1.807) is 0 Å². The summed E-state index contributed by atoms with van der Waals surface area (Å²) in [4.78, 5) is 14.9. The summed E-state index contributed by atoms with van der Waals surface area (Å²) in [5, 5.41) is 1.04. The Morgan fingerprint density at radius 3 is 2.88 bits per heavy atom. The summed E-state index contributed by atoms with van der Waals surface area (Å²) >= 11 is 0. The number of carbonyl (C=O) groups is 1. The van der Waals surface area contributed by atoms with Crippen molar-refractivity contribution in [2.24, 2.45) is 0 Å². The van der Waals surface area contributed by atoms with Crippen LogP contribution in [0.1, 0.15) is 29.8 Å². The van der Waals surface area contributed by atoms with E-state index in [1.165, 1.54) is 0 Å². The fraction of sp³-hybridized carbons (Fsp3) is 0.308. The first-order valence-corrected chi connectivity index (χ1v) is 5.53. The van der Waals surface area contributed by atoms with Crippen LogP contribution in [0.25, 0.3) is 10.9 Å². The van der Waals surface area contributed by atoms with Gasteiger partial charge in [-0.25, -0.2) is 4.79 Å². The third-order valence-electron chi connectivity index (χ3n) is 2.65. The topological polar surface area (TPSA) is 42.1 Å². The number of fused-ring (bicyclic) bond motifs is 1. The molecule has 0 amide bonds. The molecule has 0 radical (unpaired) electrons. The molecule has 0 saturated carbocycles. The van der Waals surface area contributed by atoms with Crippen molar-refractivity contribution in [3.8, 4) is 0 Å². The van der Waals surface area contributed by atoms with E-state index in [9.17, 15) is 4.79 Å². The van der Waals surface area contributed by atoms with E-state index in [2.05, 4.69) is 4.98 Å². The molecule has 2 rings (SSSR count). The molecule has 1 aromatic heterocycles. The normalized spacial score (nSPS) is 10.6. The average molecular weight is 217 g/mol. The van der Waals surface area contributed by atoms with Gasteiger partial charge >= 0.3 is 5.97 Å². The number of nitrogens with one attached hydrogen (secondary N) is 1. The number of ether oxygens (including phenoxy) is 1. The lowest BCUT2D eigenvalue weighted by molar-refractivity contribution is 0.0525. The molecule has 0 fully saturated rings. The number of esters is 1. The molecule has 1 aromatic carbocycles. The van der Waals surface area contributed by atoms with Crippen molar-refractivity contribution >= 4 is 16.9 Å². The Morgan fingerprint density at radius 1 is 1.38 bits per heavy atom. The van der Waals surface area contributed by atoms with Crippen molar-refractivity contribution in [3.63, 3.8) is 0 Å². The summed E-state index contributed by atoms with van der Waals surface area (Å²) in [5.41, 5.74) is 2.76. The number of aromatic nitrogens is 1. The Kier molecular flexibility index (Phi) is 2.95. The zero-order valence-corrected chi connectivity index (χ0v) is 9.54. The van der Waals surface area contributed by atoms with Crippen molar-refractivity contribution in [1.82, 2.24) is 4.98 Å². The van der Waals surface area contributed by atoms with Crippen LogP contribution in [0.15, 0.2) is 24.4 Å². The summed E-state index contributed by atoms with van der Waals surface area (Å²) in [7, 11) is 0. The molecule has 16 heavy (non-hydrogen) atoms. The molecule has 0 aliphatic rings. The summed E-state index contributed by atoms with van der Waals surface area (Å²) < 4.78 is 5.05. The number of rotatable bonds is 3. The molecule has 0 bridgehead atoms. The number of aromatic amines is 1. The predicted octanol–water partition coefficient (Wildman–Crippen LogP) is 2.91. The number of hydrogen-bond donors (Lipinski definition) is 1. The highest BCUT2D eigenvalue weighted by Gasteiger charge is 2.12. The van der Waals surface area contributed by atoms with Crippen molar-refractivity contribution in [3.05, 3.63) is 35.5 Å². The van der Waals surface area contributed by atoms with Gasteiger partial charge in [-0.05, 0) is 37.1 Å². The van der Waals surface area contributed by atoms with Crippen molar-refractivity contribution in [2.75, 3.05) is 6.61 Å². The van der Waals surface area contributed by atoms with Gasteiger partial charge in [0.05, 0.1) is 12.2 Å². The van der Waals surface area contributed by atoms with Crippen LogP contribution in [0.4, 0.5) is 0 Å². The van der Waals surface area contributed by atoms with Crippen LogP contribution in [-0.4, -0.2) is 17.6 Å². The standard InChI is InChI=1S/C13H15NO2/c1-3-9-8-12-10(5-6-14-12)7-11(9)13(15)16-4-2/h5-8,14H,3-4H2,1-2H3. The molecule has 0 aliphatic heterocycles. The highest BCUT2D eigenvalue weighted by atomic mass is 16.5. The van der Waals surface area contributed by atoms with Crippen LogP contribution < -0.4 is 0 Å². The number of benzene rings is 1. The lowest BCUT2D eigenvalue weighted by atomic mass is 10.0. The molecule has 1 heterocycles. The second-order valence-electron chi connectivity index (χ2n) is 3.65. The molecule has 3 heteroatoms. The average Bonchev–Trinajstić information content (AvgIpc) is 2.74. The molecule has 0 spiro atoms. The molecule has 84 valence electrons. The molecule has 2 aromatic rings. The first kappa shape index (κ1) is 10.7. The highest BCUT2D eigenvalue weighted by Crippen LogP contribution is 2.20. The zero-order chi connectivity index (χ0) is 11.5. The lowest BCUT2D eigenvalue weighted by Crippen LogP contribution is -2.07. The SMILES string of the molecule is CCOC(=O)c1cc2cc[nH]c2cc1CC. The number of hydrogen-bond acceptors (Lipinski definition) is 2. The Hall–Kier alpha value is -1.77. The summed E-state index contributed by atoms with van der Waals surface area (Å²) in [6.45, 7) is 4.26. The molecule has 0 aliphatic carbocycles. The van der Waals surface area contributed by atoms with Crippen LogP contribution in [-0.2, 0) is 11.2 Å². The maximum Gasteiger partial charge on any atom is 0.338 e.